The molecule has 1 aromatic carbocycles. The highest BCUT2D eigenvalue weighted by Gasteiger charge is 2.22. The molecule has 1 N–H and O–H groups in total. The molecule has 0 aliphatic heterocycles. The zero-order valence-electron chi connectivity index (χ0n) is 16.2. The van der Waals surface area contributed by atoms with Crippen LogP contribution in [-0.2, 0) is 17.6 Å². The number of rotatable bonds is 5. The van der Waals surface area contributed by atoms with E-state index in [1.165, 1.54) is 28.6 Å². The van der Waals surface area contributed by atoms with Crippen molar-refractivity contribution in [1.29, 1.82) is 0 Å². The fraction of sp³-hybridized carbons (Fsp3) is 0.381. The number of carbonyl (C=O) groups excluding carboxylic acids is 1. The van der Waals surface area contributed by atoms with Crippen molar-refractivity contribution in [2.24, 2.45) is 5.92 Å². The number of fused-ring (bicyclic) bond motifs is 1. The second-order valence-corrected chi connectivity index (χ2v) is 9.82. The molecule has 7 heteroatoms. The Bertz CT molecular complexity index is 978. The monoisotopic (exact) mass is 413 g/mol. The van der Waals surface area contributed by atoms with E-state index in [2.05, 4.69) is 28.5 Å². The van der Waals surface area contributed by atoms with Gasteiger partial charge in [-0.15, -0.1) is 21.5 Å². The summed E-state index contributed by atoms with van der Waals surface area (Å²) in [5, 5.41) is 11.3. The molecule has 3 aromatic rings. The summed E-state index contributed by atoms with van der Waals surface area (Å²) in [5.74, 6) is 1.19. The van der Waals surface area contributed by atoms with Crippen LogP contribution in [0.5, 0.6) is 0 Å². The molecule has 0 bridgehead atoms. The van der Waals surface area contributed by atoms with Gasteiger partial charge in [-0.25, -0.2) is 0 Å². The van der Waals surface area contributed by atoms with Crippen molar-refractivity contribution in [3.8, 4) is 10.8 Å². The molecule has 0 saturated heterocycles. The number of aryl methyl sites for hydroxylation is 2. The third-order valence-corrected chi connectivity index (χ3v) is 7.07. The van der Waals surface area contributed by atoms with Gasteiger partial charge in [0.25, 0.3) is 11.1 Å². The van der Waals surface area contributed by atoms with Crippen LogP contribution in [0, 0.1) is 12.8 Å². The molecule has 0 saturated carbocycles. The standard InChI is InChI=1S/C21H23N3O2S2/c1-12-4-7-16(8-5-12)22-19(25)14(3)27-21-24-23-20(26-21)18-11-15-10-13(2)6-9-17(15)28-18/h4-5,7-8,11,13-14H,6,9-10H2,1-3H3,(H,22,25)/t13-,14+/m0/s1. The molecule has 1 aliphatic rings. The summed E-state index contributed by atoms with van der Waals surface area (Å²) in [5.41, 5.74) is 3.35. The first-order valence-electron chi connectivity index (χ1n) is 9.47. The van der Waals surface area contributed by atoms with Gasteiger partial charge in [0, 0.05) is 10.6 Å². The number of carbonyl (C=O) groups is 1. The quantitative estimate of drug-likeness (QED) is 0.571. The Morgan fingerprint density at radius 1 is 1.32 bits per heavy atom. The first-order chi connectivity index (χ1) is 13.5. The maximum Gasteiger partial charge on any atom is 0.277 e. The number of thiophene rings is 1. The van der Waals surface area contributed by atoms with Gasteiger partial charge in [-0.1, -0.05) is 36.4 Å². The van der Waals surface area contributed by atoms with Crippen LogP contribution in [0.15, 0.2) is 40.0 Å². The van der Waals surface area contributed by atoms with Crippen molar-refractivity contribution < 1.29 is 9.21 Å². The summed E-state index contributed by atoms with van der Waals surface area (Å²) in [7, 11) is 0. The van der Waals surface area contributed by atoms with Crippen molar-refractivity contribution >= 4 is 34.7 Å². The van der Waals surface area contributed by atoms with Crippen molar-refractivity contribution in [1.82, 2.24) is 10.2 Å². The van der Waals surface area contributed by atoms with Gasteiger partial charge in [0.2, 0.25) is 5.91 Å². The predicted molar refractivity (Wildman–Crippen MR) is 114 cm³/mol. The molecule has 0 fully saturated rings. The summed E-state index contributed by atoms with van der Waals surface area (Å²) < 4.78 is 5.83. The lowest BCUT2D eigenvalue weighted by Gasteiger charge is -2.16. The maximum atomic E-state index is 12.4. The van der Waals surface area contributed by atoms with Crippen LogP contribution in [0.1, 0.15) is 36.3 Å². The van der Waals surface area contributed by atoms with Gasteiger partial charge in [-0.2, -0.15) is 0 Å². The van der Waals surface area contributed by atoms with Crippen molar-refractivity contribution in [2.45, 2.75) is 50.5 Å². The smallest absolute Gasteiger partial charge is 0.277 e. The van der Waals surface area contributed by atoms with Crippen LogP contribution in [0.4, 0.5) is 5.69 Å². The third-order valence-electron chi connectivity index (χ3n) is 4.91. The number of hydrogen-bond donors (Lipinski definition) is 1. The lowest BCUT2D eigenvalue weighted by molar-refractivity contribution is -0.115. The fourth-order valence-electron chi connectivity index (χ4n) is 3.25. The first-order valence-corrected chi connectivity index (χ1v) is 11.2. The molecule has 0 spiro atoms. The van der Waals surface area contributed by atoms with E-state index in [0.29, 0.717) is 11.1 Å². The molecule has 2 atom stereocenters. The Hall–Kier alpha value is -2.12. The van der Waals surface area contributed by atoms with Crippen LogP contribution in [0.3, 0.4) is 0 Å². The van der Waals surface area contributed by atoms with E-state index in [1.54, 1.807) is 11.3 Å². The average Bonchev–Trinajstić information content (AvgIpc) is 3.29. The molecular weight excluding hydrogens is 390 g/mol. The number of amides is 1. The number of anilines is 1. The summed E-state index contributed by atoms with van der Waals surface area (Å²) in [6.45, 7) is 6.15. The van der Waals surface area contributed by atoms with Gasteiger partial charge in [-0.3, -0.25) is 4.79 Å². The third kappa shape index (κ3) is 4.31. The van der Waals surface area contributed by atoms with E-state index >= 15 is 0 Å². The number of nitrogens with one attached hydrogen (secondary N) is 1. The number of thioether (sulfide) groups is 1. The van der Waals surface area contributed by atoms with Crippen molar-refractivity contribution in [2.75, 3.05) is 5.32 Å². The molecule has 5 nitrogen and oxygen atoms in total. The zero-order chi connectivity index (χ0) is 19.7. The van der Waals surface area contributed by atoms with Gasteiger partial charge >= 0.3 is 0 Å². The minimum Gasteiger partial charge on any atom is -0.410 e. The normalized spacial score (nSPS) is 17.2. The minimum absolute atomic E-state index is 0.0887. The summed E-state index contributed by atoms with van der Waals surface area (Å²) >= 11 is 3.02. The lowest BCUT2D eigenvalue weighted by Crippen LogP contribution is -2.22. The topological polar surface area (TPSA) is 68.0 Å². The van der Waals surface area contributed by atoms with Crippen LogP contribution in [0.2, 0.25) is 0 Å². The van der Waals surface area contributed by atoms with Crippen LogP contribution < -0.4 is 5.32 Å². The molecular formula is C21H23N3O2S2. The van der Waals surface area contributed by atoms with Crippen molar-refractivity contribution in [3.63, 3.8) is 0 Å². The van der Waals surface area contributed by atoms with Gasteiger partial charge in [0.15, 0.2) is 0 Å². The van der Waals surface area contributed by atoms with E-state index < -0.39 is 0 Å². The van der Waals surface area contributed by atoms with Gasteiger partial charge in [0.1, 0.15) is 0 Å². The van der Waals surface area contributed by atoms with Crippen molar-refractivity contribution in [3.05, 3.63) is 46.3 Å². The second-order valence-electron chi connectivity index (χ2n) is 7.40. The molecule has 146 valence electrons. The highest BCUT2D eigenvalue weighted by atomic mass is 32.2. The fourth-order valence-corrected chi connectivity index (χ4v) is 5.07. The first kappa shape index (κ1) is 19.2. The van der Waals surface area contributed by atoms with Gasteiger partial charge in [0.05, 0.1) is 10.1 Å². The predicted octanol–water partition coefficient (Wildman–Crippen LogP) is 5.35. The Morgan fingerprint density at radius 3 is 2.89 bits per heavy atom. The Balaban J connectivity index is 1.40. The molecule has 1 aliphatic carbocycles. The Morgan fingerprint density at radius 2 is 2.11 bits per heavy atom. The second kappa shape index (κ2) is 8.09. The highest BCUT2D eigenvalue weighted by molar-refractivity contribution is 8.00. The van der Waals surface area contributed by atoms with E-state index in [9.17, 15) is 4.79 Å². The van der Waals surface area contributed by atoms with Crippen LogP contribution in [-0.4, -0.2) is 21.4 Å². The number of benzene rings is 1. The molecule has 2 aromatic heterocycles. The largest absolute Gasteiger partial charge is 0.410 e. The van der Waals surface area contributed by atoms with Gasteiger partial charge < -0.3 is 9.73 Å². The number of hydrogen-bond acceptors (Lipinski definition) is 6. The maximum absolute atomic E-state index is 12.4. The number of nitrogens with zero attached hydrogens (tertiary/aromatic N) is 2. The summed E-state index contributed by atoms with van der Waals surface area (Å²) in [6.07, 6.45) is 3.50. The highest BCUT2D eigenvalue weighted by Crippen LogP contribution is 2.37. The van der Waals surface area contributed by atoms with E-state index in [-0.39, 0.29) is 11.2 Å². The molecule has 1 amide bonds. The SMILES string of the molecule is Cc1ccc(NC(=O)[C@@H](C)Sc2nnc(-c3cc4c(s3)CC[C@H](C)C4)o2)cc1. The minimum atomic E-state index is -0.341. The van der Waals surface area contributed by atoms with Gasteiger partial charge in [-0.05, 0) is 62.8 Å². The number of aromatic nitrogens is 2. The summed E-state index contributed by atoms with van der Waals surface area (Å²) in [4.78, 5) is 14.9. The molecule has 4 rings (SSSR count). The molecule has 0 radical (unpaired) electrons. The lowest BCUT2D eigenvalue weighted by atomic mass is 9.90. The summed E-state index contributed by atoms with van der Waals surface area (Å²) in [6, 6.07) is 9.92. The van der Waals surface area contributed by atoms with E-state index in [4.69, 9.17) is 4.42 Å². The zero-order valence-corrected chi connectivity index (χ0v) is 17.8. The molecule has 0 unspecified atom stereocenters. The van der Waals surface area contributed by atoms with E-state index in [1.807, 2.05) is 38.1 Å². The van der Waals surface area contributed by atoms with E-state index in [0.717, 1.165) is 34.9 Å². The molecule has 28 heavy (non-hydrogen) atoms. The Kier molecular flexibility index (Phi) is 5.55. The van der Waals surface area contributed by atoms with Crippen LogP contribution >= 0.6 is 23.1 Å². The average molecular weight is 414 g/mol. The van der Waals surface area contributed by atoms with Crippen LogP contribution in [0.25, 0.3) is 10.8 Å². The molecule has 2 heterocycles. The Labute approximate surface area is 173 Å².